The number of nitrogens with zero attached hydrogens (tertiary/aromatic N) is 3. The number of nitrogens with one attached hydrogen (secondary N) is 1. The molecule has 2 aliphatic rings. The van der Waals surface area contributed by atoms with Crippen molar-refractivity contribution < 1.29 is 9.59 Å². The van der Waals surface area contributed by atoms with Gasteiger partial charge in [0, 0.05) is 38.8 Å². The molecule has 2 atom stereocenters. The van der Waals surface area contributed by atoms with Crippen molar-refractivity contribution in [1.82, 2.24) is 15.2 Å². The van der Waals surface area contributed by atoms with Crippen LogP contribution in [0, 0.1) is 0 Å². The minimum absolute atomic E-state index is 0.0368. The van der Waals surface area contributed by atoms with Crippen LogP contribution in [0.5, 0.6) is 0 Å². The highest BCUT2D eigenvalue weighted by Crippen LogP contribution is 2.37. The first-order valence-corrected chi connectivity index (χ1v) is 9.84. The number of hydrogen-bond donors (Lipinski definition) is 1. The second-order valence-corrected chi connectivity index (χ2v) is 7.96. The van der Waals surface area contributed by atoms with Crippen molar-refractivity contribution in [2.24, 2.45) is 0 Å². The Morgan fingerprint density at radius 1 is 1.44 bits per heavy atom. The molecule has 1 saturated heterocycles. The van der Waals surface area contributed by atoms with E-state index in [1.165, 1.54) is 31.0 Å². The first-order chi connectivity index (χ1) is 12.1. The molecule has 0 spiro atoms. The summed E-state index contributed by atoms with van der Waals surface area (Å²) in [5.41, 5.74) is 0.813. The van der Waals surface area contributed by atoms with Crippen molar-refractivity contribution in [3.05, 3.63) is 18.3 Å². The molecule has 0 radical (unpaired) electrons. The maximum atomic E-state index is 12.5. The van der Waals surface area contributed by atoms with Crippen molar-refractivity contribution in [3.8, 4) is 0 Å². The molecule has 0 saturated carbocycles. The molecule has 1 N–H and O–H groups in total. The van der Waals surface area contributed by atoms with E-state index in [-0.39, 0.29) is 18.2 Å². The molecule has 7 heteroatoms. The highest BCUT2D eigenvalue weighted by atomic mass is 32.2. The minimum Gasteiger partial charge on any atom is -0.355 e. The zero-order chi connectivity index (χ0) is 17.8. The third-order valence-electron chi connectivity index (χ3n) is 5.00. The second-order valence-electron chi connectivity index (χ2n) is 6.77. The smallest absolute Gasteiger partial charge is 0.240 e. The van der Waals surface area contributed by atoms with E-state index in [4.69, 9.17) is 0 Å². The average molecular weight is 362 g/mol. The fraction of sp³-hybridized carbons (Fsp3) is 0.611. The molecule has 0 aromatic carbocycles. The summed E-state index contributed by atoms with van der Waals surface area (Å²) in [7, 11) is 1.74. The summed E-state index contributed by atoms with van der Waals surface area (Å²) in [6.07, 6.45) is 5.68. The van der Waals surface area contributed by atoms with Crippen LogP contribution in [0.25, 0.3) is 0 Å². The maximum absolute atomic E-state index is 12.5. The highest BCUT2D eigenvalue weighted by molar-refractivity contribution is 8.00. The Bertz CT molecular complexity index is 639. The van der Waals surface area contributed by atoms with E-state index in [1.54, 1.807) is 18.1 Å². The predicted molar refractivity (Wildman–Crippen MR) is 99.8 cm³/mol. The summed E-state index contributed by atoms with van der Waals surface area (Å²) >= 11 is 1.39. The van der Waals surface area contributed by atoms with E-state index in [0.29, 0.717) is 12.6 Å². The quantitative estimate of drug-likeness (QED) is 0.867. The predicted octanol–water partition coefficient (Wildman–Crippen LogP) is 1.90. The SMILES string of the molecule is CC1CCCCN1CCNC(=O)CC1Sc2ncccc2N(C)C1=O. The van der Waals surface area contributed by atoms with Crippen LogP contribution in [0.2, 0.25) is 0 Å². The molecule has 2 amide bonds. The van der Waals surface area contributed by atoms with E-state index in [9.17, 15) is 9.59 Å². The Hall–Kier alpha value is -1.60. The number of rotatable bonds is 5. The number of piperidine rings is 1. The lowest BCUT2D eigenvalue weighted by Gasteiger charge is -2.33. The second kappa shape index (κ2) is 8.19. The highest BCUT2D eigenvalue weighted by Gasteiger charge is 2.33. The summed E-state index contributed by atoms with van der Waals surface area (Å²) < 4.78 is 0. The number of carbonyl (C=O) groups excluding carboxylic acids is 2. The number of amides is 2. The summed E-state index contributed by atoms with van der Waals surface area (Å²) in [6, 6.07) is 4.29. The monoisotopic (exact) mass is 362 g/mol. The van der Waals surface area contributed by atoms with E-state index in [1.807, 2.05) is 12.1 Å². The summed E-state index contributed by atoms with van der Waals surface area (Å²) in [5, 5.41) is 3.38. The molecule has 0 bridgehead atoms. The third kappa shape index (κ3) is 4.33. The van der Waals surface area contributed by atoms with E-state index in [0.717, 1.165) is 23.8 Å². The molecule has 1 aromatic heterocycles. The van der Waals surface area contributed by atoms with Gasteiger partial charge in [0.2, 0.25) is 11.8 Å². The van der Waals surface area contributed by atoms with Crippen molar-refractivity contribution in [2.75, 3.05) is 31.6 Å². The van der Waals surface area contributed by atoms with Gasteiger partial charge in [-0.3, -0.25) is 14.5 Å². The number of anilines is 1. The number of aromatic nitrogens is 1. The Balaban J connectivity index is 1.49. The molecule has 3 rings (SSSR count). The number of likely N-dealkylation sites (tertiary alicyclic amines) is 1. The molecule has 2 aliphatic heterocycles. The van der Waals surface area contributed by atoms with Gasteiger partial charge in [0.05, 0.1) is 10.9 Å². The summed E-state index contributed by atoms with van der Waals surface area (Å²) in [5.74, 6) is -0.103. The molecule has 1 fully saturated rings. The van der Waals surface area contributed by atoms with E-state index < -0.39 is 5.25 Å². The van der Waals surface area contributed by atoms with Crippen molar-refractivity contribution in [2.45, 2.75) is 48.9 Å². The topological polar surface area (TPSA) is 65.5 Å². The maximum Gasteiger partial charge on any atom is 0.240 e. The first kappa shape index (κ1) is 18.2. The molecule has 136 valence electrons. The molecule has 25 heavy (non-hydrogen) atoms. The molecule has 3 heterocycles. The number of hydrogen-bond acceptors (Lipinski definition) is 5. The van der Waals surface area contributed by atoms with Gasteiger partial charge >= 0.3 is 0 Å². The Morgan fingerprint density at radius 2 is 2.28 bits per heavy atom. The lowest BCUT2D eigenvalue weighted by atomic mass is 10.0. The molecular formula is C18H26N4O2S. The van der Waals surface area contributed by atoms with Crippen LogP contribution in [0.15, 0.2) is 23.4 Å². The fourth-order valence-corrected chi connectivity index (χ4v) is 4.66. The van der Waals surface area contributed by atoms with E-state index in [2.05, 4.69) is 22.1 Å². The van der Waals surface area contributed by atoms with Gasteiger partial charge in [0.1, 0.15) is 5.03 Å². The standard InChI is InChI=1S/C18H26N4O2S/c1-13-6-3-4-10-22(13)11-9-19-16(23)12-15-18(24)21(2)14-7-5-8-20-17(14)25-15/h5,7-8,13,15H,3-4,6,9-12H2,1-2H3,(H,19,23). The molecule has 2 unspecified atom stereocenters. The Morgan fingerprint density at radius 3 is 3.08 bits per heavy atom. The lowest BCUT2D eigenvalue weighted by molar-refractivity contribution is -0.124. The average Bonchev–Trinajstić information content (AvgIpc) is 2.61. The van der Waals surface area contributed by atoms with Gasteiger partial charge in [0.25, 0.3) is 0 Å². The van der Waals surface area contributed by atoms with Gasteiger partial charge < -0.3 is 10.2 Å². The normalized spacial score (nSPS) is 24.1. The van der Waals surface area contributed by atoms with Gasteiger partial charge in [-0.1, -0.05) is 18.2 Å². The van der Waals surface area contributed by atoms with Gasteiger partial charge in [-0.15, -0.1) is 0 Å². The number of carbonyl (C=O) groups is 2. The molecule has 6 nitrogen and oxygen atoms in total. The molecule has 0 aliphatic carbocycles. The van der Waals surface area contributed by atoms with Crippen LogP contribution in [-0.4, -0.2) is 59.7 Å². The van der Waals surface area contributed by atoms with Crippen LogP contribution in [0.1, 0.15) is 32.6 Å². The van der Waals surface area contributed by atoms with Gasteiger partial charge in [-0.2, -0.15) is 0 Å². The van der Waals surface area contributed by atoms with Crippen molar-refractivity contribution in [1.29, 1.82) is 0 Å². The number of thioether (sulfide) groups is 1. The van der Waals surface area contributed by atoms with Crippen molar-refractivity contribution >= 4 is 29.3 Å². The zero-order valence-electron chi connectivity index (χ0n) is 14.9. The summed E-state index contributed by atoms with van der Waals surface area (Å²) in [4.78, 5) is 33.1. The Labute approximate surface area is 153 Å². The first-order valence-electron chi connectivity index (χ1n) is 8.96. The van der Waals surface area contributed by atoms with Crippen LogP contribution < -0.4 is 10.2 Å². The Kier molecular flexibility index (Phi) is 5.96. The fourth-order valence-electron chi connectivity index (χ4n) is 3.45. The summed E-state index contributed by atoms with van der Waals surface area (Å²) in [6.45, 7) is 4.88. The zero-order valence-corrected chi connectivity index (χ0v) is 15.7. The van der Waals surface area contributed by atoms with Crippen LogP contribution in [0.3, 0.4) is 0 Å². The van der Waals surface area contributed by atoms with Crippen molar-refractivity contribution in [3.63, 3.8) is 0 Å². The van der Waals surface area contributed by atoms with Gasteiger partial charge in [-0.25, -0.2) is 4.98 Å². The van der Waals surface area contributed by atoms with Crippen LogP contribution in [-0.2, 0) is 9.59 Å². The largest absolute Gasteiger partial charge is 0.355 e. The molecule has 1 aromatic rings. The lowest BCUT2D eigenvalue weighted by Crippen LogP contribution is -2.44. The molecular weight excluding hydrogens is 336 g/mol. The number of fused-ring (bicyclic) bond motifs is 1. The third-order valence-corrected chi connectivity index (χ3v) is 6.20. The van der Waals surface area contributed by atoms with Crippen LogP contribution in [0.4, 0.5) is 5.69 Å². The van der Waals surface area contributed by atoms with E-state index >= 15 is 0 Å². The van der Waals surface area contributed by atoms with Gasteiger partial charge in [-0.05, 0) is 38.4 Å². The number of pyridine rings is 1. The van der Waals surface area contributed by atoms with Gasteiger partial charge in [0.15, 0.2) is 0 Å². The minimum atomic E-state index is -0.402. The van der Waals surface area contributed by atoms with Crippen LogP contribution >= 0.6 is 11.8 Å².